The lowest BCUT2D eigenvalue weighted by Crippen LogP contribution is -2.44. The van der Waals surface area contributed by atoms with Gasteiger partial charge in [-0.3, -0.25) is 5.10 Å². The van der Waals surface area contributed by atoms with Gasteiger partial charge in [0.05, 0.1) is 0 Å². The predicted molar refractivity (Wildman–Crippen MR) is 55.5 cm³/mol. The van der Waals surface area contributed by atoms with Crippen LogP contribution < -0.4 is 10.2 Å². The van der Waals surface area contributed by atoms with E-state index in [1.165, 1.54) is 0 Å². The van der Waals surface area contributed by atoms with E-state index in [9.17, 15) is 0 Å². The number of rotatable bonds is 3. The first kappa shape index (κ1) is 9.45. The highest BCUT2D eigenvalue weighted by Crippen LogP contribution is 2.24. The minimum Gasteiger partial charge on any atom is -0.346 e. The van der Waals surface area contributed by atoms with E-state index in [-0.39, 0.29) is 0 Å². The SMILES string of the molecule is CC(c1nc(N(C)C)n[nH]1)C1CNC1. The second-order valence-electron chi connectivity index (χ2n) is 4.12. The Balaban J connectivity index is 2.07. The Kier molecular flexibility index (Phi) is 2.41. The van der Waals surface area contributed by atoms with Crippen LogP contribution in [-0.2, 0) is 0 Å². The van der Waals surface area contributed by atoms with Crippen LogP contribution in [0.25, 0.3) is 0 Å². The zero-order valence-electron chi connectivity index (χ0n) is 8.91. The molecular weight excluding hydrogens is 178 g/mol. The van der Waals surface area contributed by atoms with Crippen LogP contribution >= 0.6 is 0 Å². The Labute approximate surface area is 83.9 Å². The lowest BCUT2D eigenvalue weighted by Gasteiger charge is -2.31. The van der Waals surface area contributed by atoms with Crippen molar-refractivity contribution in [3.05, 3.63) is 5.82 Å². The number of anilines is 1. The second kappa shape index (κ2) is 3.57. The number of aromatic nitrogens is 3. The maximum Gasteiger partial charge on any atom is 0.244 e. The van der Waals surface area contributed by atoms with E-state index < -0.39 is 0 Å². The molecule has 5 heteroatoms. The van der Waals surface area contributed by atoms with E-state index in [4.69, 9.17) is 0 Å². The molecule has 0 bridgehead atoms. The lowest BCUT2D eigenvalue weighted by atomic mass is 9.88. The number of nitrogens with one attached hydrogen (secondary N) is 2. The molecule has 1 atom stereocenters. The Morgan fingerprint density at radius 2 is 2.14 bits per heavy atom. The fourth-order valence-corrected chi connectivity index (χ4v) is 1.56. The van der Waals surface area contributed by atoms with Gasteiger partial charge in [-0.25, -0.2) is 0 Å². The highest BCUT2D eigenvalue weighted by atomic mass is 15.3. The van der Waals surface area contributed by atoms with Crippen molar-refractivity contribution < 1.29 is 0 Å². The van der Waals surface area contributed by atoms with Crippen molar-refractivity contribution in [2.45, 2.75) is 12.8 Å². The Hall–Kier alpha value is -1.10. The Bertz CT molecular complexity index is 302. The van der Waals surface area contributed by atoms with Crippen molar-refractivity contribution in [3.8, 4) is 0 Å². The van der Waals surface area contributed by atoms with Crippen molar-refractivity contribution in [1.82, 2.24) is 20.5 Å². The molecule has 5 nitrogen and oxygen atoms in total. The molecule has 0 aromatic carbocycles. The third-order valence-corrected chi connectivity index (χ3v) is 2.84. The molecule has 1 aromatic rings. The van der Waals surface area contributed by atoms with E-state index in [2.05, 4.69) is 27.4 Å². The molecular formula is C9H17N5. The van der Waals surface area contributed by atoms with Gasteiger partial charge in [-0.05, 0) is 19.0 Å². The van der Waals surface area contributed by atoms with Gasteiger partial charge in [0, 0.05) is 20.0 Å². The van der Waals surface area contributed by atoms with Crippen LogP contribution in [-0.4, -0.2) is 42.4 Å². The van der Waals surface area contributed by atoms with Gasteiger partial charge in [0.2, 0.25) is 5.95 Å². The summed E-state index contributed by atoms with van der Waals surface area (Å²) in [5.41, 5.74) is 0. The highest BCUT2D eigenvalue weighted by Gasteiger charge is 2.27. The number of H-pyrrole nitrogens is 1. The molecule has 1 aliphatic rings. The summed E-state index contributed by atoms with van der Waals surface area (Å²) in [6.45, 7) is 4.39. The zero-order valence-corrected chi connectivity index (χ0v) is 8.91. The second-order valence-corrected chi connectivity index (χ2v) is 4.12. The van der Waals surface area contributed by atoms with Gasteiger partial charge >= 0.3 is 0 Å². The fourth-order valence-electron chi connectivity index (χ4n) is 1.56. The monoisotopic (exact) mass is 195 g/mol. The first-order valence-electron chi connectivity index (χ1n) is 4.99. The van der Waals surface area contributed by atoms with Crippen LogP contribution in [0.5, 0.6) is 0 Å². The molecule has 78 valence electrons. The average Bonchev–Trinajstić information content (AvgIpc) is 2.48. The highest BCUT2D eigenvalue weighted by molar-refractivity contribution is 5.25. The van der Waals surface area contributed by atoms with Gasteiger partial charge in [0.25, 0.3) is 0 Å². The molecule has 2 rings (SSSR count). The molecule has 0 spiro atoms. The van der Waals surface area contributed by atoms with E-state index in [1.54, 1.807) is 0 Å². The van der Waals surface area contributed by atoms with E-state index in [0.717, 1.165) is 24.9 Å². The summed E-state index contributed by atoms with van der Waals surface area (Å²) in [7, 11) is 3.89. The van der Waals surface area contributed by atoms with Gasteiger partial charge in [0.1, 0.15) is 5.82 Å². The van der Waals surface area contributed by atoms with Crippen LogP contribution in [0.15, 0.2) is 0 Å². The van der Waals surface area contributed by atoms with Crippen molar-refractivity contribution in [3.63, 3.8) is 0 Å². The van der Waals surface area contributed by atoms with Crippen molar-refractivity contribution in [1.29, 1.82) is 0 Å². The molecule has 14 heavy (non-hydrogen) atoms. The molecule has 1 saturated heterocycles. The minimum absolute atomic E-state index is 0.470. The summed E-state index contributed by atoms with van der Waals surface area (Å²) in [5, 5.41) is 10.4. The molecule has 0 aliphatic carbocycles. The minimum atomic E-state index is 0.470. The Morgan fingerprint density at radius 3 is 2.57 bits per heavy atom. The van der Waals surface area contributed by atoms with Gasteiger partial charge in [-0.1, -0.05) is 6.92 Å². The summed E-state index contributed by atoms with van der Waals surface area (Å²) < 4.78 is 0. The molecule has 2 heterocycles. The molecule has 1 aromatic heterocycles. The van der Waals surface area contributed by atoms with Crippen molar-refractivity contribution in [2.24, 2.45) is 5.92 Å². The number of hydrogen-bond donors (Lipinski definition) is 2. The molecule has 0 saturated carbocycles. The van der Waals surface area contributed by atoms with Gasteiger partial charge < -0.3 is 10.2 Å². The van der Waals surface area contributed by atoms with Gasteiger partial charge in [-0.15, -0.1) is 5.10 Å². The van der Waals surface area contributed by atoms with Crippen LogP contribution in [0.3, 0.4) is 0 Å². The summed E-state index contributed by atoms with van der Waals surface area (Å²) in [4.78, 5) is 6.35. The van der Waals surface area contributed by atoms with E-state index in [0.29, 0.717) is 11.8 Å². The zero-order chi connectivity index (χ0) is 10.1. The predicted octanol–water partition coefficient (Wildman–Crippen LogP) is 0.194. The summed E-state index contributed by atoms with van der Waals surface area (Å²) in [5.74, 6) is 2.94. The van der Waals surface area contributed by atoms with Crippen LogP contribution in [0, 0.1) is 5.92 Å². The fraction of sp³-hybridized carbons (Fsp3) is 0.778. The molecule has 1 fully saturated rings. The van der Waals surface area contributed by atoms with E-state index >= 15 is 0 Å². The maximum atomic E-state index is 4.44. The van der Waals surface area contributed by atoms with Crippen molar-refractivity contribution in [2.75, 3.05) is 32.1 Å². The standard InChI is InChI=1S/C9H17N5/c1-6(7-4-10-5-7)8-11-9(13-12-8)14(2)3/h6-7,10H,4-5H2,1-3H3,(H,11,12,13). The first-order chi connectivity index (χ1) is 6.68. The molecule has 1 aliphatic heterocycles. The van der Waals surface area contributed by atoms with Gasteiger partial charge in [0.15, 0.2) is 0 Å². The Morgan fingerprint density at radius 1 is 1.43 bits per heavy atom. The quantitative estimate of drug-likeness (QED) is 0.723. The van der Waals surface area contributed by atoms with Crippen LogP contribution in [0.1, 0.15) is 18.7 Å². The summed E-state index contributed by atoms with van der Waals surface area (Å²) in [6, 6.07) is 0. The molecule has 2 N–H and O–H groups in total. The van der Waals surface area contributed by atoms with Crippen molar-refractivity contribution >= 4 is 5.95 Å². The number of aromatic amines is 1. The molecule has 0 radical (unpaired) electrons. The molecule has 0 amide bonds. The third kappa shape index (κ3) is 1.59. The maximum absolute atomic E-state index is 4.44. The lowest BCUT2D eigenvalue weighted by molar-refractivity contribution is 0.296. The van der Waals surface area contributed by atoms with E-state index in [1.807, 2.05) is 19.0 Å². The number of nitrogens with zero attached hydrogens (tertiary/aromatic N) is 3. The summed E-state index contributed by atoms with van der Waals surface area (Å²) >= 11 is 0. The normalized spacial score (nSPS) is 19.1. The smallest absolute Gasteiger partial charge is 0.244 e. The summed E-state index contributed by atoms with van der Waals surface area (Å²) in [6.07, 6.45) is 0. The largest absolute Gasteiger partial charge is 0.346 e. The number of hydrogen-bond acceptors (Lipinski definition) is 4. The topological polar surface area (TPSA) is 56.8 Å². The van der Waals surface area contributed by atoms with Gasteiger partial charge in [-0.2, -0.15) is 4.98 Å². The third-order valence-electron chi connectivity index (χ3n) is 2.84. The first-order valence-corrected chi connectivity index (χ1v) is 4.99. The average molecular weight is 195 g/mol. The molecule has 1 unspecified atom stereocenters. The van der Waals surface area contributed by atoms with Crippen LogP contribution in [0.4, 0.5) is 5.95 Å². The van der Waals surface area contributed by atoms with Crippen LogP contribution in [0.2, 0.25) is 0 Å².